The number of ether oxygens (including phenoxy) is 2. The molecule has 0 amide bonds. The first-order valence-electron chi connectivity index (χ1n) is 7.35. The summed E-state index contributed by atoms with van der Waals surface area (Å²) in [6, 6.07) is 4.14. The predicted octanol–water partition coefficient (Wildman–Crippen LogP) is 4.64. The quantitative estimate of drug-likeness (QED) is 0.317. The van der Waals surface area contributed by atoms with Crippen LogP contribution in [0.4, 0.5) is 10.5 Å². The predicted molar refractivity (Wildman–Crippen MR) is 83.1 cm³/mol. The van der Waals surface area contributed by atoms with Crippen molar-refractivity contribution >= 4 is 11.8 Å². The van der Waals surface area contributed by atoms with E-state index in [0.717, 1.165) is 19.3 Å². The number of aryl methyl sites for hydroxylation is 1. The minimum atomic E-state index is -0.791. The van der Waals surface area contributed by atoms with E-state index in [0.29, 0.717) is 5.56 Å². The highest BCUT2D eigenvalue weighted by Crippen LogP contribution is 2.26. The molecule has 0 unspecified atom stereocenters. The van der Waals surface area contributed by atoms with Crippen LogP contribution in [-0.4, -0.2) is 17.7 Å². The third-order valence-electron chi connectivity index (χ3n) is 3.49. The number of rotatable bonds is 7. The zero-order valence-corrected chi connectivity index (χ0v) is 13.5. The highest BCUT2D eigenvalue weighted by Gasteiger charge is 2.18. The van der Waals surface area contributed by atoms with Crippen LogP contribution in [0.3, 0.4) is 0 Å². The number of nitro benzene ring substituents is 1. The van der Waals surface area contributed by atoms with Gasteiger partial charge in [0.1, 0.15) is 5.75 Å². The molecule has 0 aliphatic carbocycles. The number of carbonyl (C=O) groups excluding carboxylic acids is 1. The Morgan fingerprint density at radius 1 is 1.32 bits per heavy atom. The van der Waals surface area contributed by atoms with Gasteiger partial charge in [0, 0.05) is 11.6 Å². The highest BCUT2D eigenvalue weighted by atomic mass is 16.7. The fourth-order valence-electron chi connectivity index (χ4n) is 2.23. The van der Waals surface area contributed by atoms with Gasteiger partial charge in [0.05, 0.1) is 11.5 Å². The molecule has 0 radical (unpaired) electrons. The summed E-state index contributed by atoms with van der Waals surface area (Å²) in [6.45, 7) is 8.25. The molecule has 0 fully saturated rings. The lowest BCUT2D eigenvalue weighted by Gasteiger charge is -2.23. The highest BCUT2D eigenvalue weighted by molar-refractivity contribution is 5.64. The molecule has 6 heteroatoms. The lowest BCUT2D eigenvalue weighted by molar-refractivity contribution is -0.385. The Morgan fingerprint density at radius 3 is 2.55 bits per heavy atom. The minimum Gasteiger partial charge on any atom is -0.434 e. The molecule has 1 aromatic carbocycles. The van der Waals surface area contributed by atoms with Crippen molar-refractivity contribution in [2.45, 2.75) is 47.0 Å². The molecule has 0 spiro atoms. The molecule has 1 aromatic rings. The van der Waals surface area contributed by atoms with Gasteiger partial charge in [0.15, 0.2) is 0 Å². The van der Waals surface area contributed by atoms with E-state index in [1.807, 2.05) is 0 Å². The fourth-order valence-corrected chi connectivity index (χ4v) is 2.23. The summed E-state index contributed by atoms with van der Waals surface area (Å²) in [6.07, 6.45) is 2.11. The van der Waals surface area contributed by atoms with E-state index >= 15 is 0 Å². The second kappa shape index (κ2) is 7.77. The van der Waals surface area contributed by atoms with Crippen LogP contribution in [0.2, 0.25) is 0 Å². The summed E-state index contributed by atoms with van der Waals surface area (Å²) in [5.74, 6) is 0.237. The zero-order chi connectivity index (χ0) is 16.8. The maximum atomic E-state index is 11.6. The van der Waals surface area contributed by atoms with Gasteiger partial charge in [-0.3, -0.25) is 10.1 Å². The number of carbonyl (C=O) groups is 1. The number of hydrogen-bond acceptors (Lipinski definition) is 5. The number of nitro groups is 1. The molecule has 22 heavy (non-hydrogen) atoms. The smallest absolute Gasteiger partial charge is 0.434 e. The van der Waals surface area contributed by atoms with Crippen molar-refractivity contribution in [3.05, 3.63) is 33.9 Å². The lowest BCUT2D eigenvalue weighted by atomic mass is 9.85. The molecule has 6 nitrogen and oxygen atoms in total. The van der Waals surface area contributed by atoms with E-state index < -0.39 is 11.1 Å². The maximum Gasteiger partial charge on any atom is 0.513 e. The van der Waals surface area contributed by atoms with Crippen LogP contribution >= 0.6 is 0 Å². The topological polar surface area (TPSA) is 78.7 Å². The van der Waals surface area contributed by atoms with Crippen LogP contribution in [-0.2, 0) is 4.74 Å². The molecule has 0 bridgehead atoms. The van der Waals surface area contributed by atoms with E-state index in [4.69, 9.17) is 9.47 Å². The molecule has 0 saturated heterocycles. The Balaban J connectivity index is 2.49. The molecule has 1 rings (SSSR count). The van der Waals surface area contributed by atoms with E-state index in [1.54, 1.807) is 6.92 Å². The Labute approximate surface area is 130 Å². The molecule has 0 atom stereocenters. The van der Waals surface area contributed by atoms with Crippen molar-refractivity contribution in [1.82, 2.24) is 0 Å². The van der Waals surface area contributed by atoms with Crippen LogP contribution in [0.25, 0.3) is 0 Å². The summed E-state index contributed by atoms with van der Waals surface area (Å²) >= 11 is 0. The van der Waals surface area contributed by atoms with Crippen molar-refractivity contribution < 1.29 is 19.2 Å². The first-order chi connectivity index (χ1) is 10.2. The largest absolute Gasteiger partial charge is 0.513 e. The molecular weight excluding hydrogens is 286 g/mol. The van der Waals surface area contributed by atoms with Gasteiger partial charge in [-0.15, -0.1) is 0 Å². The molecule has 0 aliphatic rings. The Hall–Kier alpha value is -2.11. The summed E-state index contributed by atoms with van der Waals surface area (Å²) < 4.78 is 10.1. The summed E-state index contributed by atoms with van der Waals surface area (Å²) in [5.41, 5.74) is 0.542. The minimum absolute atomic E-state index is 0.0120. The first kappa shape index (κ1) is 17.9. The van der Waals surface area contributed by atoms with E-state index in [2.05, 4.69) is 20.8 Å². The zero-order valence-electron chi connectivity index (χ0n) is 13.5. The lowest BCUT2D eigenvalue weighted by Crippen LogP contribution is -2.18. The van der Waals surface area contributed by atoms with Crippen molar-refractivity contribution in [3.8, 4) is 5.75 Å². The van der Waals surface area contributed by atoms with Gasteiger partial charge in [0.25, 0.3) is 5.69 Å². The van der Waals surface area contributed by atoms with E-state index in [-0.39, 0.29) is 23.5 Å². The number of benzene rings is 1. The first-order valence-corrected chi connectivity index (χ1v) is 7.35. The van der Waals surface area contributed by atoms with E-state index in [9.17, 15) is 14.9 Å². The summed E-state index contributed by atoms with van der Waals surface area (Å²) in [4.78, 5) is 21.8. The van der Waals surface area contributed by atoms with Gasteiger partial charge in [-0.2, -0.15) is 0 Å². The number of hydrogen-bond donors (Lipinski definition) is 0. The van der Waals surface area contributed by atoms with Gasteiger partial charge >= 0.3 is 6.16 Å². The SMILES string of the molecule is CCCC(C)(C)CCOC(=O)Oc1ccc([N+](=O)[O-])c(C)c1. The van der Waals surface area contributed by atoms with Gasteiger partial charge < -0.3 is 9.47 Å². The second-order valence-corrected chi connectivity index (χ2v) is 6.07. The van der Waals surface area contributed by atoms with Crippen molar-refractivity contribution in [2.75, 3.05) is 6.61 Å². The van der Waals surface area contributed by atoms with E-state index in [1.165, 1.54) is 18.2 Å². The van der Waals surface area contributed by atoms with Crippen molar-refractivity contribution in [3.63, 3.8) is 0 Å². The Bertz CT molecular complexity index is 539. The molecule has 122 valence electrons. The average molecular weight is 309 g/mol. The van der Waals surface area contributed by atoms with Crippen LogP contribution in [0.5, 0.6) is 5.75 Å². The van der Waals surface area contributed by atoms with Crippen LogP contribution < -0.4 is 4.74 Å². The van der Waals surface area contributed by atoms with Crippen molar-refractivity contribution in [2.24, 2.45) is 5.41 Å². The second-order valence-electron chi connectivity index (χ2n) is 6.07. The molecule has 0 aliphatic heterocycles. The summed E-state index contributed by atoms with van der Waals surface area (Å²) in [7, 11) is 0. The Kier molecular flexibility index (Phi) is 6.34. The van der Waals surface area contributed by atoms with Gasteiger partial charge in [0.2, 0.25) is 0 Å². The van der Waals surface area contributed by atoms with Gasteiger partial charge in [-0.05, 0) is 37.3 Å². The van der Waals surface area contributed by atoms with Gasteiger partial charge in [-0.25, -0.2) is 4.79 Å². The fraction of sp³-hybridized carbons (Fsp3) is 0.562. The number of nitrogens with zero attached hydrogens (tertiary/aromatic N) is 1. The van der Waals surface area contributed by atoms with Crippen LogP contribution in [0, 0.1) is 22.5 Å². The van der Waals surface area contributed by atoms with Crippen LogP contribution in [0.1, 0.15) is 45.6 Å². The molecule has 0 heterocycles. The third-order valence-corrected chi connectivity index (χ3v) is 3.49. The Morgan fingerprint density at radius 2 is 2.00 bits per heavy atom. The average Bonchev–Trinajstić information content (AvgIpc) is 2.37. The molecule has 0 saturated carbocycles. The third kappa shape index (κ3) is 5.71. The molecule has 0 N–H and O–H groups in total. The van der Waals surface area contributed by atoms with Crippen molar-refractivity contribution in [1.29, 1.82) is 0 Å². The van der Waals surface area contributed by atoms with Gasteiger partial charge in [-0.1, -0.05) is 27.2 Å². The molecule has 0 aromatic heterocycles. The standard InChI is InChI=1S/C16H23NO5/c1-5-8-16(3,4)9-10-21-15(18)22-13-6-7-14(17(19)20)12(2)11-13/h6-7,11H,5,8-10H2,1-4H3. The maximum absolute atomic E-state index is 11.6. The normalized spacial score (nSPS) is 11.1. The molecular formula is C16H23NO5. The van der Waals surface area contributed by atoms with Crippen LogP contribution in [0.15, 0.2) is 18.2 Å². The monoisotopic (exact) mass is 309 g/mol. The summed E-state index contributed by atoms with van der Waals surface area (Å²) in [5, 5.41) is 10.7.